The highest BCUT2D eigenvalue weighted by Gasteiger charge is 2.30. The minimum Gasteiger partial charge on any atom is -0.377 e. The molecule has 1 N–H and O–H groups in total. The summed E-state index contributed by atoms with van der Waals surface area (Å²) in [4.78, 5) is 11.5. The van der Waals surface area contributed by atoms with E-state index in [2.05, 4.69) is 5.32 Å². The van der Waals surface area contributed by atoms with Crippen molar-refractivity contribution >= 4 is 5.91 Å². The molecule has 1 aromatic rings. The number of hydrogen-bond donors (Lipinski definition) is 1. The third-order valence-corrected chi connectivity index (χ3v) is 2.62. The van der Waals surface area contributed by atoms with Crippen LogP contribution in [-0.2, 0) is 22.1 Å². The molecular formula is C12H12F3NO2. The first kappa shape index (κ1) is 12.9. The third kappa shape index (κ3) is 3.22. The van der Waals surface area contributed by atoms with E-state index in [0.29, 0.717) is 18.8 Å². The largest absolute Gasteiger partial charge is 0.416 e. The van der Waals surface area contributed by atoms with E-state index in [4.69, 9.17) is 4.74 Å². The smallest absolute Gasteiger partial charge is 0.377 e. The first-order valence-electron chi connectivity index (χ1n) is 5.48. The molecule has 6 heteroatoms. The molecule has 1 aromatic carbocycles. The van der Waals surface area contributed by atoms with Gasteiger partial charge in [0, 0.05) is 0 Å². The van der Waals surface area contributed by atoms with Gasteiger partial charge in [-0.1, -0.05) is 18.2 Å². The maximum absolute atomic E-state index is 12.5. The van der Waals surface area contributed by atoms with Crippen molar-refractivity contribution in [3.63, 3.8) is 0 Å². The van der Waals surface area contributed by atoms with Crippen molar-refractivity contribution in [2.75, 3.05) is 13.2 Å². The Morgan fingerprint density at radius 3 is 2.67 bits per heavy atom. The number of hydrogen-bond acceptors (Lipinski definition) is 2. The van der Waals surface area contributed by atoms with Gasteiger partial charge in [-0.2, -0.15) is 13.2 Å². The normalized spacial score (nSPS) is 16.2. The minimum atomic E-state index is -4.38. The SMILES string of the molecule is O=C(Cc1cccc(C(F)(F)F)c1)NC1COC1. The van der Waals surface area contributed by atoms with E-state index in [-0.39, 0.29) is 18.4 Å². The van der Waals surface area contributed by atoms with Crippen molar-refractivity contribution in [3.8, 4) is 0 Å². The van der Waals surface area contributed by atoms with Gasteiger partial charge in [0.05, 0.1) is 31.2 Å². The lowest BCUT2D eigenvalue weighted by Gasteiger charge is -2.26. The molecule has 0 aliphatic carbocycles. The molecule has 0 bridgehead atoms. The molecule has 2 rings (SSSR count). The van der Waals surface area contributed by atoms with Gasteiger partial charge >= 0.3 is 6.18 Å². The molecule has 3 nitrogen and oxygen atoms in total. The summed E-state index contributed by atoms with van der Waals surface area (Å²) in [6.07, 6.45) is -4.44. The van der Waals surface area contributed by atoms with Gasteiger partial charge < -0.3 is 10.1 Å². The standard InChI is InChI=1S/C12H12F3NO2/c13-12(14,15)9-3-1-2-8(4-9)5-11(17)16-10-6-18-7-10/h1-4,10H,5-7H2,(H,16,17). The Hall–Kier alpha value is -1.56. The molecule has 0 atom stereocenters. The highest BCUT2D eigenvalue weighted by Crippen LogP contribution is 2.29. The quantitative estimate of drug-likeness (QED) is 0.898. The highest BCUT2D eigenvalue weighted by molar-refractivity contribution is 5.79. The number of rotatable bonds is 3. The average Bonchev–Trinajstić information content (AvgIpc) is 2.23. The van der Waals surface area contributed by atoms with Crippen LogP contribution in [0.1, 0.15) is 11.1 Å². The van der Waals surface area contributed by atoms with E-state index in [1.54, 1.807) is 0 Å². The fraction of sp³-hybridized carbons (Fsp3) is 0.417. The molecule has 1 saturated heterocycles. The number of halogens is 3. The zero-order valence-electron chi connectivity index (χ0n) is 9.46. The number of carbonyl (C=O) groups is 1. The lowest BCUT2D eigenvalue weighted by molar-refractivity contribution is -0.137. The zero-order chi connectivity index (χ0) is 13.2. The number of carbonyl (C=O) groups excluding carboxylic acids is 1. The second-order valence-electron chi connectivity index (χ2n) is 4.18. The van der Waals surface area contributed by atoms with Crippen LogP contribution in [-0.4, -0.2) is 25.2 Å². The number of ether oxygens (including phenoxy) is 1. The summed E-state index contributed by atoms with van der Waals surface area (Å²) in [5, 5.41) is 2.68. The van der Waals surface area contributed by atoms with Crippen LogP contribution in [0.15, 0.2) is 24.3 Å². The molecule has 1 fully saturated rings. The first-order valence-corrected chi connectivity index (χ1v) is 5.48. The van der Waals surface area contributed by atoms with E-state index in [0.717, 1.165) is 12.1 Å². The Bertz CT molecular complexity index is 441. The van der Waals surface area contributed by atoms with Gasteiger partial charge in [0.15, 0.2) is 0 Å². The van der Waals surface area contributed by atoms with Gasteiger partial charge in [-0.25, -0.2) is 0 Å². The second kappa shape index (κ2) is 4.97. The van der Waals surface area contributed by atoms with Crippen LogP contribution in [0.4, 0.5) is 13.2 Å². The maximum Gasteiger partial charge on any atom is 0.416 e. The lowest BCUT2D eigenvalue weighted by Crippen LogP contribution is -2.49. The van der Waals surface area contributed by atoms with Crippen LogP contribution in [0.3, 0.4) is 0 Å². The van der Waals surface area contributed by atoms with Gasteiger partial charge in [0.1, 0.15) is 0 Å². The van der Waals surface area contributed by atoms with Crippen molar-refractivity contribution in [2.45, 2.75) is 18.6 Å². The van der Waals surface area contributed by atoms with E-state index < -0.39 is 11.7 Å². The summed E-state index contributed by atoms with van der Waals surface area (Å²) in [6.45, 7) is 0.933. The minimum absolute atomic E-state index is 0.0108. The number of amides is 1. The molecule has 1 aliphatic rings. The summed E-state index contributed by atoms with van der Waals surface area (Å²) in [7, 11) is 0. The Morgan fingerprint density at radius 2 is 2.11 bits per heavy atom. The van der Waals surface area contributed by atoms with Crippen molar-refractivity contribution in [1.82, 2.24) is 5.32 Å². The van der Waals surface area contributed by atoms with Crippen LogP contribution >= 0.6 is 0 Å². The number of nitrogens with one attached hydrogen (secondary N) is 1. The van der Waals surface area contributed by atoms with Crippen molar-refractivity contribution in [3.05, 3.63) is 35.4 Å². The van der Waals surface area contributed by atoms with Crippen molar-refractivity contribution < 1.29 is 22.7 Å². The zero-order valence-corrected chi connectivity index (χ0v) is 9.46. The molecule has 0 unspecified atom stereocenters. The summed E-state index contributed by atoms with van der Waals surface area (Å²) < 4.78 is 42.3. The summed E-state index contributed by atoms with van der Waals surface area (Å²) >= 11 is 0. The molecule has 0 aromatic heterocycles. The van der Waals surface area contributed by atoms with Crippen LogP contribution < -0.4 is 5.32 Å². The van der Waals surface area contributed by atoms with E-state index in [9.17, 15) is 18.0 Å². The van der Waals surface area contributed by atoms with Crippen molar-refractivity contribution in [2.24, 2.45) is 0 Å². The van der Waals surface area contributed by atoms with Crippen LogP contribution in [0.25, 0.3) is 0 Å². The number of alkyl halides is 3. The van der Waals surface area contributed by atoms with Crippen LogP contribution in [0, 0.1) is 0 Å². The first-order chi connectivity index (χ1) is 8.45. The molecule has 0 spiro atoms. The van der Waals surface area contributed by atoms with Gasteiger partial charge in [-0.15, -0.1) is 0 Å². The topological polar surface area (TPSA) is 38.3 Å². The predicted molar refractivity (Wildman–Crippen MR) is 57.9 cm³/mol. The summed E-state index contributed by atoms with van der Waals surface area (Å²) in [6, 6.07) is 4.78. The molecular weight excluding hydrogens is 247 g/mol. The van der Waals surface area contributed by atoms with Crippen LogP contribution in [0.2, 0.25) is 0 Å². The van der Waals surface area contributed by atoms with Gasteiger partial charge in [0.2, 0.25) is 5.91 Å². The van der Waals surface area contributed by atoms with Gasteiger partial charge in [-0.3, -0.25) is 4.79 Å². The Balaban J connectivity index is 1.98. The molecule has 1 heterocycles. The molecule has 1 amide bonds. The Morgan fingerprint density at radius 1 is 1.39 bits per heavy atom. The molecule has 0 radical (unpaired) electrons. The van der Waals surface area contributed by atoms with Gasteiger partial charge in [0.25, 0.3) is 0 Å². The second-order valence-corrected chi connectivity index (χ2v) is 4.18. The molecule has 1 aliphatic heterocycles. The highest BCUT2D eigenvalue weighted by atomic mass is 19.4. The van der Waals surface area contributed by atoms with Crippen LogP contribution in [0.5, 0.6) is 0 Å². The Labute approximate surface area is 102 Å². The third-order valence-electron chi connectivity index (χ3n) is 2.62. The summed E-state index contributed by atoms with van der Waals surface area (Å²) in [5.41, 5.74) is -0.387. The lowest BCUT2D eigenvalue weighted by atomic mass is 10.1. The average molecular weight is 259 g/mol. The molecule has 98 valence electrons. The monoisotopic (exact) mass is 259 g/mol. The van der Waals surface area contributed by atoms with E-state index in [1.165, 1.54) is 12.1 Å². The Kier molecular flexibility index (Phi) is 3.56. The van der Waals surface area contributed by atoms with E-state index in [1.807, 2.05) is 0 Å². The van der Waals surface area contributed by atoms with Crippen molar-refractivity contribution in [1.29, 1.82) is 0 Å². The fourth-order valence-corrected chi connectivity index (χ4v) is 1.64. The summed E-state index contributed by atoms with van der Waals surface area (Å²) in [5.74, 6) is -0.289. The fourth-order valence-electron chi connectivity index (χ4n) is 1.64. The predicted octanol–water partition coefficient (Wildman–Crippen LogP) is 1.76. The van der Waals surface area contributed by atoms with E-state index >= 15 is 0 Å². The maximum atomic E-state index is 12.5. The molecule has 0 saturated carbocycles. The number of benzene rings is 1. The van der Waals surface area contributed by atoms with Gasteiger partial charge in [-0.05, 0) is 11.6 Å². The molecule has 18 heavy (non-hydrogen) atoms.